The number of hydrogen-bond acceptors (Lipinski definition) is 2. The number of amides is 1. The number of rotatable bonds is 3. The molecule has 100 valence electrons. The zero-order chi connectivity index (χ0) is 12.1. The van der Waals surface area contributed by atoms with E-state index in [-0.39, 0.29) is 24.2 Å². The second-order valence-electron chi connectivity index (χ2n) is 4.59. The summed E-state index contributed by atoms with van der Waals surface area (Å²) >= 11 is 0. The number of carbonyl (C=O) groups excluding carboxylic acids is 1. The van der Waals surface area contributed by atoms with E-state index in [2.05, 4.69) is 23.6 Å². The summed E-state index contributed by atoms with van der Waals surface area (Å²) in [7, 11) is 0. The van der Waals surface area contributed by atoms with E-state index in [1.54, 1.807) is 0 Å². The number of aryl methyl sites for hydroxylation is 1. The Kier molecular flexibility index (Phi) is 6.16. The van der Waals surface area contributed by atoms with Gasteiger partial charge in [0.1, 0.15) is 0 Å². The molecule has 0 bridgehead atoms. The maximum atomic E-state index is 12.0. The Bertz CT molecular complexity index is 389. The lowest BCUT2D eigenvalue weighted by Crippen LogP contribution is -2.37. The predicted molar refractivity (Wildman–Crippen MR) is 77.3 cm³/mol. The zero-order valence-electron chi connectivity index (χ0n) is 10.7. The normalized spacial score (nSPS) is 18.8. The molecule has 1 unspecified atom stereocenters. The van der Waals surface area contributed by atoms with Crippen molar-refractivity contribution < 1.29 is 4.79 Å². The van der Waals surface area contributed by atoms with Crippen molar-refractivity contribution >= 4 is 24.0 Å². The van der Waals surface area contributed by atoms with Crippen LogP contribution in [0, 0.1) is 5.92 Å². The van der Waals surface area contributed by atoms with E-state index in [1.165, 1.54) is 5.56 Å². The van der Waals surface area contributed by atoms with E-state index in [4.69, 9.17) is 0 Å². The molecule has 18 heavy (non-hydrogen) atoms. The molecule has 0 radical (unpaired) electrons. The van der Waals surface area contributed by atoms with Crippen molar-refractivity contribution in [3.05, 3.63) is 29.8 Å². The van der Waals surface area contributed by atoms with Crippen LogP contribution in [-0.2, 0) is 11.2 Å². The third kappa shape index (κ3) is 4.00. The van der Waals surface area contributed by atoms with Crippen LogP contribution in [0.4, 0.5) is 5.69 Å². The first-order valence-corrected chi connectivity index (χ1v) is 6.40. The fourth-order valence-corrected chi connectivity index (χ4v) is 2.19. The molecule has 0 aromatic heterocycles. The summed E-state index contributed by atoms with van der Waals surface area (Å²) in [5.74, 6) is 0.263. The van der Waals surface area contributed by atoms with Gasteiger partial charge in [0.05, 0.1) is 5.92 Å². The van der Waals surface area contributed by atoms with Crippen LogP contribution in [0.2, 0.25) is 0 Å². The lowest BCUT2D eigenvalue weighted by atomic mass is 9.98. The van der Waals surface area contributed by atoms with Crippen molar-refractivity contribution in [3.8, 4) is 0 Å². The van der Waals surface area contributed by atoms with Gasteiger partial charge in [0.2, 0.25) is 5.91 Å². The van der Waals surface area contributed by atoms with Crippen LogP contribution < -0.4 is 10.6 Å². The maximum absolute atomic E-state index is 12.0. The first kappa shape index (κ1) is 15.0. The van der Waals surface area contributed by atoms with Gasteiger partial charge in [-0.2, -0.15) is 0 Å². The molecule has 2 N–H and O–H groups in total. The van der Waals surface area contributed by atoms with Gasteiger partial charge in [-0.1, -0.05) is 19.1 Å². The van der Waals surface area contributed by atoms with Gasteiger partial charge in [0, 0.05) is 12.2 Å². The molecule has 1 fully saturated rings. The molecule has 1 heterocycles. The van der Waals surface area contributed by atoms with E-state index in [0.29, 0.717) is 0 Å². The Morgan fingerprint density at radius 2 is 2.33 bits per heavy atom. The van der Waals surface area contributed by atoms with Crippen LogP contribution >= 0.6 is 12.4 Å². The molecule has 1 aliphatic rings. The average Bonchev–Trinajstić information content (AvgIpc) is 2.40. The molecule has 1 aliphatic heterocycles. The van der Waals surface area contributed by atoms with Crippen LogP contribution in [0.5, 0.6) is 0 Å². The van der Waals surface area contributed by atoms with E-state index in [0.717, 1.165) is 38.0 Å². The Labute approximate surface area is 115 Å². The molecule has 2 rings (SSSR count). The zero-order valence-corrected chi connectivity index (χ0v) is 11.6. The maximum Gasteiger partial charge on any atom is 0.228 e. The number of anilines is 1. The third-order valence-electron chi connectivity index (χ3n) is 3.27. The molecule has 1 amide bonds. The Morgan fingerprint density at radius 1 is 1.50 bits per heavy atom. The third-order valence-corrected chi connectivity index (χ3v) is 3.27. The Morgan fingerprint density at radius 3 is 3.00 bits per heavy atom. The standard InChI is InChI=1S/C14H20N2O.ClH/c1-2-11-5-3-7-13(9-11)16-14(17)12-6-4-8-15-10-12;/h3,5,7,9,12,15H,2,4,6,8,10H2,1H3,(H,16,17);1H. The van der Waals surface area contributed by atoms with Gasteiger partial charge in [0.25, 0.3) is 0 Å². The number of hydrogen-bond donors (Lipinski definition) is 2. The highest BCUT2D eigenvalue weighted by molar-refractivity contribution is 5.92. The Balaban J connectivity index is 0.00000162. The highest BCUT2D eigenvalue weighted by Crippen LogP contribution is 2.15. The minimum absolute atomic E-state index is 0. The summed E-state index contributed by atoms with van der Waals surface area (Å²) in [4.78, 5) is 12.0. The highest BCUT2D eigenvalue weighted by atomic mass is 35.5. The van der Waals surface area contributed by atoms with E-state index >= 15 is 0 Å². The van der Waals surface area contributed by atoms with Crippen molar-refractivity contribution in [2.45, 2.75) is 26.2 Å². The van der Waals surface area contributed by atoms with Crippen LogP contribution in [0.1, 0.15) is 25.3 Å². The summed E-state index contributed by atoms with van der Waals surface area (Å²) in [6, 6.07) is 8.08. The van der Waals surface area contributed by atoms with E-state index in [9.17, 15) is 4.79 Å². The Hall–Kier alpha value is -1.06. The molecule has 4 heteroatoms. The second-order valence-corrected chi connectivity index (χ2v) is 4.59. The number of benzene rings is 1. The second kappa shape index (κ2) is 7.39. The van der Waals surface area contributed by atoms with Gasteiger partial charge in [0.15, 0.2) is 0 Å². The summed E-state index contributed by atoms with van der Waals surface area (Å²) in [5, 5.41) is 6.27. The quantitative estimate of drug-likeness (QED) is 0.885. The monoisotopic (exact) mass is 268 g/mol. The van der Waals surface area contributed by atoms with Gasteiger partial charge < -0.3 is 10.6 Å². The van der Waals surface area contributed by atoms with Crippen molar-refractivity contribution in [2.75, 3.05) is 18.4 Å². The van der Waals surface area contributed by atoms with Crippen LogP contribution in [-0.4, -0.2) is 19.0 Å². The van der Waals surface area contributed by atoms with Crippen LogP contribution in [0.3, 0.4) is 0 Å². The van der Waals surface area contributed by atoms with Gasteiger partial charge in [-0.05, 0) is 43.5 Å². The number of piperidine rings is 1. The summed E-state index contributed by atoms with van der Waals surface area (Å²) in [6.07, 6.45) is 3.08. The van der Waals surface area contributed by atoms with Gasteiger partial charge in [-0.3, -0.25) is 4.79 Å². The summed E-state index contributed by atoms with van der Waals surface area (Å²) < 4.78 is 0. The molecule has 1 atom stereocenters. The van der Waals surface area contributed by atoms with Crippen molar-refractivity contribution in [1.82, 2.24) is 5.32 Å². The molecule has 3 nitrogen and oxygen atoms in total. The minimum atomic E-state index is 0. The predicted octanol–water partition coefficient (Wildman–Crippen LogP) is 2.61. The topological polar surface area (TPSA) is 41.1 Å². The van der Waals surface area contributed by atoms with Gasteiger partial charge in [-0.15, -0.1) is 12.4 Å². The summed E-state index contributed by atoms with van der Waals surface area (Å²) in [5.41, 5.74) is 2.17. The lowest BCUT2D eigenvalue weighted by molar-refractivity contribution is -0.120. The number of nitrogens with one attached hydrogen (secondary N) is 2. The van der Waals surface area contributed by atoms with Crippen LogP contribution in [0.15, 0.2) is 24.3 Å². The van der Waals surface area contributed by atoms with E-state index in [1.807, 2.05) is 18.2 Å². The van der Waals surface area contributed by atoms with E-state index < -0.39 is 0 Å². The molecule has 0 saturated carbocycles. The molecule has 1 aromatic carbocycles. The fourth-order valence-electron chi connectivity index (χ4n) is 2.19. The smallest absolute Gasteiger partial charge is 0.228 e. The lowest BCUT2D eigenvalue weighted by Gasteiger charge is -2.22. The summed E-state index contributed by atoms with van der Waals surface area (Å²) in [6.45, 7) is 3.96. The fraction of sp³-hybridized carbons (Fsp3) is 0.500. The SMILES string of the molecule is CCc1cccc(NC(=O)C2CCCNC2)c1.Cl. The van der Waals surface area contributed by atoms with Gasteiger partial charge in [-0.25, -0.2) is 0 Å². The molecular formula is C14H21ClN2O. The first-order valence-electron chi connectivity index (χ1n) is 6.40. The van der Waals surface area contributed by atoms with Crippen LogP contribution in [0.25, 0.3) is 0 Å². The first-order chi connectivity index (χ1) is 8.29. The largest absolute Gasteiger partial charge is 0.326 e. The molecule has 1 saturated heterocycles. The van der Waals surface area contributed by atoms with Crippen molar-refractivity contribution in [3.63, 3.8) is 0 Å². The molecule has 0 spiro atoms. The number of halogens is 1. The highest BCUT2D eigenvalue weighted by Gasteiger charge is 2.20. The van der Waals surface area contributed by atoms with Crippen molar-refractivity contribution in [1.29, 1.82) is 0 Å². The van der Waals surface area contributed by atoms with Gasteiger partial charge >= 0.3 is 0 Å². The van der Waals surface area contributed by atoms with Crippen molar-refractivity contribution in [2.24, 2.45) is 5.92 Å². The minimum Gasteiger partial charge on any atom is -0.326 e. The molecular weight excluding hydrogens is 248 g/mol. The molecule has 0 aliphatic carbocycles. The number of carbonyl (C=O) groups is 1. The molecule has 1 aromatic rings. The average molecular weight is 269 g/mol.